The molecule has 0 amide bonds. The van der Waals surface area contributed by atoms with Crippen LogP contribution in [0.15, 0.2) is 36.7 Å². The van der Waals surface area contributed by atoms with Crippen LogP contribution in [0.5, 0.6) is 5.75 Å². The Kier molecular flexibility index (Phi) is 4.74. The molecule has 0 aliphatic heterocycles. The molecule has 0 spiro atoms. The van der Waals surface area contributed by atoms with Crippen molar-refractivity contribution in [3.63, 3.8) is 0 Å². The molecule has 1 heterocycles. The SMILES string of the molecule is CNCc1ccc(OCc2ncccn2)c(C(F)(F)F)c1. The second kappa shape index (κ2) is 6.53. The number of hydrogen-bond donors (Lipinski definition) is 1. The Morgan fingerprint density at radius 1 is 1.19 bits per heavy atom. The minimum atomic E-state index is -4.48. The second-order valence-corrected chi connectivity index (χ2v) is 4.31. The van der Waals surface area contributed by atoms with Crippen LogP contribution in [0, 0.1) is 0 Å². The molecule has 112 valence electrons. The van der Waals surface area contributed by atoms with Crippen LogP contribution in [0.1, 0.15) is 17.0 Å². The van der Waals surface area contributed by atoms with Crippen molar-refractivity contribution in [2.75, 3.05) is 7.05 Å². The number of aromatic nitrogens is 2. The molecule has 0 saturated carbocycles. The zero-order chi connectivity index (χ0) is 15.3. The first-order chi connectivity index (χ1) is 10.0. The summed E-state index contributed by atoms with van der Waals surface area (Å²) >= 11 is 0. The quantitative estimate of drug-likeness (QED) is 0.922. The first kappa shape index (κ1) is 15.2. The van der Waals surface area contributed by atoms with Gasteiger partial charge in [-0.15, -0.1) is 0 Å². The van der Waals surface area contributed by atoms with E-state index in [1.807, 2.05) is 0 Å². The molecule has 1 N–H and O–H groups in total. The van der Waals surface area contributed by atoms with Crippen molar-refractivity contribution in [1.82, 2.24) is 15.3 Å². The van der Waals surface area contributed by atoms with Crippen LogP contribution in [-0.2, 0) is 19.3 Å². The number of nitrogens with zero attached hydrogens (tertiary/aromatic N) is 2. The average molecular weight is 297 g/mol. The summed E-state index contributed by atoms with van der Waals surface area (Å²) in [5.41, 5.74) is -0.265. The lowest BCUT2D eigenvalue weighted by atomic mass is 10.1. The summed E-state index contributed by atoms with van der Waals surface area (Å²) in [5.74, 6) is 0.0970. The Hall–Kier alpha value is -2.15. The molecule has 0 fully saturated rings. The van der Waals surface area contributed by atoms with E-state index in [1.54, 1.807) is 19.2 Å². The van der Waals surface area contributed by atoms with E-state index in [9.17, 15) is 13.2 Å². The molecule has 0 unspecified atom stereocenters. The van der Waals surface area contributed by atoms with Gasteiger partial charge in [-0.25, -0.2) is 9.97 Å². The summed E-state index contributed by atoms with van der Waals surface area (Å²) in [6.45, 7) is 0.237. The third kappa shape index (κ3) is 4.16. The van der Waals surface area contributed by atoms with E-state index < -0.39 is 11.7 Å². The molecule has 7 heteroatoms. The highest BCUT2D eigenvalue weighted by molar-refractivity contribution is 5.39. The number of nitrogens with one attached hydrogen (secondary N) is 1. The Morgan fingerprint density at radius 3 is 2.52 bits per heavy atom. The van der Waals surface area contributed by atoms with E-state index in [0.29, 0.717) is 17.9 Å². The molecule has 2 aromatic rings. The fraction of sp³-hybridized carbons (Fsp3) is 0.286. The van der Waals surface area contributed by atoms with Gasteiger partial charge in [0.05, 0.1) is 5.56 Å². The first-order valence-electron chi connectivity index (χ1n) is 6.24. The minimum Gasteiger partial charge on any atom is -0.485 e. The first-order valence-corrected chi connectivity index (χ1v) is 6.24. The summed E-state index contributed by atoms with van der Waals surface area (Å²) in [7, 11) is 1.67. The normalized spacial score (nSPS) is 11.4. The van der Waals surface area contributed by atoms with Crippen LogP contribution in [0.3, 0.4) is 0 Å². The molecule has 0 atom stereocenters. The molecule has 1 aromatic heterocycles. The molecule has 2 rings (SSSR count). The Balaban J connectivity index is 2.21. The van der Waals surface area contributed by atoms with Crippen molar-refractivity contribution in [1.29, 1.82) is 0 Å². The fourth-order valence-electron chi connectivity index (χ4n) is 1.79. The highest BCUT2D eigenvalue weighted by atomic mass is 19.4. The van der Waals surface area contributed by atoms with Crippen LogP contribution >= 0.6 is 0 Å². The van der Waals surface area contributed by atoms with Crippen LogP contribution in [0.25, 0.3) is 0 Å². The smallest absolute Gasteiger partial charge is 0.419 e. The summed E-state index contributed by atoms with van der Waals surface area (Å²) in [6.07, 6.45) is -1.46. The van der Waals surface area contributed by atoms with E-state index in [2.05, 4.69) is 15.3 Å². The van der Waals surface area contributed by atoms with Crippen LogP contribution < -0.4 is 10.1 Å². The van der Waals surface area contributed by atoms with Gasteiger partial charge in [-0.1, -0.05) is 6.07 Å². The van der Waals surface area contributed by atoms with Crippen molar-refractivity contribution in [2.24, 2.45) is 0 Å². The highest BCUT2D eigenvalue weighted by Crippen LogP contribution is 2.37. The number of ether oxygens (including phenoxy) is 1. The van der Waals surface area contributed by atoms with Crippen molar-refractivity contribution < 1.29 is 17.9 Å². The molecule has 0 radical (unpaired) electrons. The van der Waals surface area contributed by atoms with Crippen molar-refractivity contribution in [3.8, 4) is 5.75 Å². The van der Waals surface area contributed by atoms with Gasteiger partial charge in [0.2, 0.25) is 0 Å². The standard InChI is InChI=1S/C14H14F3N3O/c1-18-8-10-3-4-12(11(7-10)14(15,16)17)21-9-13-19-5-2-6-20-13/h2-7,18H,8-9H2,1H3. The monoisotopic (exact) mass is 297 g/mol. The average Bonchev–Trinajstić information content (AvgIpc) is 2.46. The van der Waals surface area contributed by atoms with Gasteiger partial charge in [0.15, 0.2) is 5.82 Å². The van der Waals surface area contributed by atoms with Crippen LogP contribution in [-0.4, -0.2) is 17.0 Å². The van der Waals surface area contributed by atoms with E-state index >= 15 is 0 Å². The Bertz CT molecular complexity index is 588. The van der Waals surface area contributed by atoms with Gasteiger partial charge >= 0.3 is 6.18 Å². The lowest BCUT2D eigenvalue weighted by Gasteiger charge is -2.15. The van der Waals surface area contributed by atoms with Crippen LogP contribution in [0.4, 0.5) is 13.2 Å². The van der Waals surface area contributed by atoms with Gasteiger partial charge in [-0.3, -0.25) is 0 Å². The molecule has 0 aliphatic rings. The molecule has 0 saturated heterocycles. The largest absolute Gasteiger partial charge is 0.485 e. The van der Waals surface area contributed by atoms with E-state index in [0.717, 1.165) is 6.07 Å². The number of alkyl halides is 3. The van der Waals surface area contributed by atoms with E-state index in [1.165, 1.54) is 18.5 Å². The summed E-state index contributed by atoms with van der Waals surface area (Å²) in [6, 6.07) is 5.61. The maximum Gasteiger partial charge on any atom is 0.419 e. The Labute approximate surface area is 120 Å². The van der Waals surface area contributed by atoms with E-state index in [4.69, 9.17) is 4.74 Å². The van der Waals surface area contributed by atoms with Gasteiger partial charge in [-0.2, -0.15) is 13.2 Å². The van der Waals surface area contributed by atoms with Gasteiger partial charge in [0.25, 0.3) is 0 Å². The summed E-state index contributed by atoms with van der Waals surface area (Å²) in [4.78, 5) is 7.81. The number of benzene rings is 1. The van der Waals surface area contributed by atoms with E-state index in [-0.39, 0.29) is 12.4 Å². The second-order valence-electron chi connectivity index (χ2n) is 4.31. The van der Waals surface area contributed by atoms with Crippen molar-refractivity contribution >= 4 is 0 Å². The van der Waals surface area contributed by atoms with Crippen molar-refractivity contribution in [2.45, 2.75) is 19.3 Å². The summed E-state index contributed by atoms with van der Waals surface area (Å²) in [5, 5.41) is 2.81. The Morgan fingerprint density at radius 2 is 1.90 bits per heavy atom. The lowest BCUT2D eigenvalue weighted by molar-refractivity contribution is -0.139. The number of rotatable bonds is 5. The fourth-order valence-corrected chi connectivity index (χ4v) is 1.79. The molecular weight excluding hydrogens is 283 g/mol. The van der Waals surface area contributed by atoms with Gasteiger partial charge in [0.1, 0.15) is 12.4 Å². The third-order valence-electron chi connectivity index (χ3n) is 2.71. The molecule has 1 aromatic carbocycles. The van der Waals surface area contributed by atoms with Crippen molar-refractivity contribution in [3.05, 3.63) is 53.6 Å². The molecular formula is C14H14F3N3O. The zero-order valence-electron chi connectivity index (χ0n) is 11.3. The molecule has 21 heavy (non-hydrogen) atoms. The topological polar surface area (TPSA) is 47.0 Å². The van der Waals surface area contributed by atoms with Gasteiger partial charge in [-0.05, 0) is 30.8 Å². The number of hydrogen-bond acceptors (Lipinski definition) is 4. The zero-order valence-corrected chi connectivity index (χ0v) is 11.3. The molecule has 0 bridgehead atoms. The maximum atomic E-state index is 13.1. The van der Waals surface area contributed by atoms with Gasteiger partial charge in [0, 0.05) is 18.9 Å². The van der Waals surface area contributed by atoms with Gasteiger partial charge < -0.3 is 10.1 Å². The molecule has 0 aliphatic carbocycles. The maximum absolute atomic E-state index is 13.1. The predicted octanol–water partition coefficient (Wildman–Crippen LogP) is 2.79. The minimum absolute atomic E-state index is 0.116. The highest BCUT2D eigenvalue weighted by Gasteiger charge is 2.34. The molecule has 4 nitrogen and oxygen atoms in total. The number of halogens is 3. The van der Waals surface area contributed by atoms with Crippen LogP contribution in [0.2, 0.25) is 0 Å². The third-order valence-corrected chi connectivity index (χ3v) is 2.71. The predicted molar refractivity (Wildman–Crippen MR) is 70.6 cm³/mol. The lowest BCUT2D eigenvalue weighted by Crippen LogP contribution is -2.12. The summed E-state index contributed by atoms with van der Waals surface area (Å²) < 4.78 is 44.4.